The highest BCUT2D eigenvalue weighted by Gasteiger charge is 2.44. The zero-order chi connectivity index (χ0) is 24.2. The Morgan fingerprint density at radius 3 is 1.70 bits per heavy atom. The van der Waals surface area contributed by atoms with E-state index >= 15 is 0 Å². The van der Waals surface area contributed by atoms with Gasteiger partial charge in [0.2, 0.25) is 10.0 Å². The fourth-order valence-electron chi connectivity index (χ4n) is 3.42. The van der Waals surface area contributed by atoms with Gasteiger partial charge < -0.3 is 19.1 Å². The number of carbonyl (C=O) groups is 1. The molecule has 0 bridgehead atoms. The molecule has 0 N–H and O–H groups in total. The van der Waals surface area contributed by atoms with Gasteiger partial charge in [-0.25, -0.2) is 13.2 Å². The van der Waals surface area contributed by atoms with Crippen LogP contribution in [-0.4, -0.2) is 61.9 Å². The highest BCUT2D eigenvalue weighted by molar-refractivity contribution is 7.89. The lowest BCUT2D eigenvalue weighted by molar-refractivity contribution is 0.0135. The summed E-state index contributed by atoms with van der Waals surface area (Å²) >= 11 is 0. The molecule has 0 unspecified atom stereocenters. The normalized spacial score (nSPS) is 14.7. The van der Waals surface area contributed by atoms with Crippen LogP contribution in [0.25, 0.3) is 0 Å². The van der Waals surface area contributed by atoms with Crippen molar-refractivity contribution in [1.82, 2.24) is 9.21 Å². The van der Waals surface area contributed by atoms with Gasteiger partial charge in [0.15, 0.2) is 0 Å². The fraction of sp³-hybridized carbons (Fsp3) is 0.458. The van der Waals surface area contributed by atoms with Crippen LogP contribution in [0.5, 0.6) is 11.5 Å². The summed E-state index contributed by atoms with van der Waals surface area (Å²) in [4.78, 5) is 13.7. The van der Waals surface area contributed by atoms with Crippen LogP contribution in [0.1, 0.15) is 31.9 Å². The molecule has 9 heteroatoms. The van der Waals surface area contributed by atoms with Crippen LogP contribution in [0.2, 0.25) is 0 Å². The minimum Gasteiger partial charge on any atom is -0.497 e. The van der Waals surface area contributed by atoms with Gasteiger partial charge >= 0.3 is 6.09 Å². The van der Waals surface area contributed by atoms with E-state index < -0.39 is 27.0 Å². The maximum absolute atomic E-state index is 13.5. The molecule has 1 amide bonds. The van der Waals surface area contributed by atoms with Gasteiger partial charge in [-0.2, -0.15) is 4.31 Å². The van der Waals surface area contributed by atoms with E-state index in [1.165, 1.54) is 9.21 Å². The second-order valence-corrected chi connectivity index (χ2v) is 11.2. The van der Waals surface area contributed by atoms with E-state index in [0.29, 0.717) is 11.5 Å². The summed E-state index contributed by atoms with van der Waals surface area (Å²) in [5, 5.41) is -0.679. The third-order valence-corrected chi connectivity index (χ3v) is 7.44. The number of amides is 1. The Labute approximate surface area is 196 Å². The molecular weight excluding hydrogens is 444 g/mol. The number of likely N-dealkylation sites (tertiary alicyclic amines) is 1. The molecule has 0 saturated carbocycles. The molecule has 0 aliphatic carbocycles. The highest BCUT2D eigenvalue weighted by atomic mass is 32.2. The third-order valence-electron chi connectivity index (χ3n) is 5.32. The van der Waals surface area contributed by atoms with Crippen molar-refractivity contribution in [3.63, 3.8) is 0 Å². The molecule has 1 aliphatic heterocycles. The summed E-state index contributed by atoms with van der Waals surface area (Å²) in [5.74, 6) is 1.41. The first kappa shape index (κ1) is 24.9. The monoisotopic (exact) mass is 476 g/mol. The van der Waals surface area contributed by atoms with Gasteiger partial charge in [-0.15, -0.1) is 0 Å². The molecule has 1 fully saturated rings. The molecule has 2 aromatic carbocycles. The molecular formula is C24H32N2O6S. The number of sulfonamides is 1. The van der Waals surface area contributed by atoms with Gasteiger partial charge in [-0.05, 0) is 56.2 Å². The van der Waals surface area contributed by atoms with Crippen LogP contribution in [0.15, 0.2) is 48.5 Å². The third kappa shape index (κ3) is 6.39. The molecule has 0 atom stereocenters. The van der Waals surface area contributed by atoms with Crippen molar-refractivity contribution >= 4 is 16.1 Å². The molecule has 3 rings (SSSR count). The Hall–Kier alpha value is -2.78. The number of hydrogen-bond donors (Lipinski definition) is 0. The first-order chi connectivity index (χ1) is 15.5. The van der Waals surface area contributed by atoms with E-state index in [1.54, 1.807) is 59.3 Å². The molecule has 0 radical (unpaired) electrons. The zero-order valence-electron chi connectivity index (χ0n) is 19.8. The molecule has 33 heavy (non-hydrogen) atoms. The van der Waals surface area contributed by atoms with Crippen molar-refractivity contribution in [3.05, 3.63) is 59.7 Å². The topological polar surface area (TPSA) is 85.4 Å². The number of hydrogen-bond acceptors (Lipinski definition) is 6. The van der Waals surface area contributed by atoms with Crippen molar-refractivity contribution in [2.75, 3.05) is 27.3 Å². The summed E-state index contributed by atoms with van der Waals surface area (Å²) in [6, 6.07) is 14.6. The van der Waals surface area contributed by atoms with Crippen LogP contribution in [0.4, 0.5) is 4.79 Å². The predicted molar refractivity (Wildman–Crippen MR) is 126 cm³/mol. The van der Waals surface area contributed by atoms with Crippen LogP contribution in [0.3, 0.4) is 0 Å². The Morgan fingerprint density at radius 1 is 0.909 bits per heavy atom. The molecule has 0 aromatic heterocycles. The summed E-state index contributed by atoms with van der Waals surface area (Å²) < 4.78 is 44.3. The molecule has 1 saturated heterocycles. The average molecular weight is 477 g/mol. The number of ether oxygens (including phenoxy) is 3. The van der Waals surface area contributed by atoms with Crippen molar-refractivity contribution in [2.45, 2.75) is 44.7 Å². The molecule has 0 spiro atoms. The number of benzene rings is 2. The SMILES string of the molecule is COc1ccc(CN(Cc2ccc(OC)cc2)S(=O)(=O)C2CN(C(=O)OC(C)(C)C)C2)cc1. The van der Waals surface area contributed by atoms with Crippen LogP contribution >= 0.6 is 0 Å². The van der Waals surface area contributed by atoms with Gasteiger partial charge in [-0.3, -0.25) is 0 Å². The molecule has 1 aliphatic rings. The number of methoxy groups -OCH3 is 2. The molecule has 1 heterocycles. The summed E-state index contributed by atoms with van der Waals surface area (Å²) in [5.41, 5.74) is 1.06. The van der Waals surface area contributed by atoms with E-state index in [0.717, 1.165) is 11.1 Å². The fourth-order valence-corrected chi connectivity index (χ4v) is 5.23. The second-order valence-electron chi connectivity index (χ2n) is 9.02. The van der Waals surface area contributed by atoms with E-state index in [9.17, 15) is 13.2 Å². The lowest BCUT2D eigenvalue weighted by Gasteiger charge is -2.41. The first-order valence-corrected chi connectivity index (χ1v) is 12.2. The summed E-state index contributed by atoms with van der Waals surface area (Å²) in [7, 11) is -0.509. The second kappa shape index (κ2) is 10.0. The van der Waals surface area contributed by atoms with Crippen LogP contribution < -0.4 is 9.47 Å². The predicted octanol–water partition coefficient (Wildman–Crippen LogP) is 3.66. The van der Waals surface area contributed by atoms with E-state index in [-0.39, 0.29) is 26.2 Å². The molecule has 180 valence electrons. The number of carbonyl (C=O) groups excluding carboxylic acids is 1. The molecule has 2 aromatic rings. The van der Waals surface area contributed by atoms with E-state index in [4.69, 9.17) is 14.2 Å². The standard InChI is InChI=1S/C24H32N2O6S/c1-24(2,3)32-23(27)25-16-22(17-25)33(28,29)26(14-18-6-10-20(30-4)11-7-18)15-19-8-12-21(31-5)13-9-19/h6-13,22H,14-17H2,1-5H3. The van der Waals surface area contributed by atoms with Crippen molar-refractivity contribution in [2.24, 2.45) is 0 Å². The average Bonchev–Trinajstić information content (AvgIpc) is 2.71. The van der Waals surface area contributed by atoms with Gasteiger partial charge in [0.05, 0.1) is 14.2 Å². The van der Waals surface area contributed by atoms with Crippen molar-refractivity contribution in [1.29, 1.82) is 0 Å². The van der Waals surface area contributed by atoms with Crippen LogP contribution in [-0.2, 0) is 27.8 Å². The minimum atomic E-state index is -3.68. The van der Waals surface area contributed by atoms with Gasteiger partial charge in [0.1, 0.15) is 22.4 Å². The summed E-state index contributed by atoms with van der Waals surface area (Å²) in [6.07, 6.45) is -0.495. The Balaban J connectivity index is 1.77. The first-order valence-electron chi connectivity index (χ1n) is 10.7. The largest absolute Gasteiger partial charge is 0.497 e. The lowest BCUT2D eigenvalue weighted by atomic mass is 10.2. The Morgan fingerprint density at radius 2 is 1.33 bits per heavy atom. The smallest absolute Gasteiger partial charge is 0.410 e. The van der Waals surface area contributed by atoms with Crippen molar-refractivity contribution < 1.29 is 27.4 Å². The number of nitrogens with zero attached hydrogens (tertiary/aromatic N) is 2. The Kier molecular flexibility index (Phi) is 7.54. The van der Waals surface area contributed by atoms with Gasteiger partial charge in [-0.1, -0.05) is 24.3 Å². The summed E-state index contributed by atoms with van der Waals surface area (Å²) in [6.45, 7) is 5.99. The van der Waals surface area contributed by atoms with Gasteiger partial charge in [0, 0.05) is 26.2 Å². The minimum absolute atomic E-state index is 0.110. The van der Waals surface area contributed by atoms with Crippen molar-refractivity contribution in [3.8, 4) is 11.5 Å². The Bertz CT molecular complexity index is 990. The number of rotatable bonds is 8. The van der Waals surface area contributed by atoms with E-state index in [1.807, 2.05) is 24.3 Å². The van der Waals surface area contributed by atoms with Crippen LogP contribution in [0, 0.1) is 0 Å². The quantitative estimate of drug-likeness (QED) is 0.578. The maximum atomic E-state index is 13.5. The maximum Gasteiger partial charge on any atom is 0.410 e. The molecule has 8 nitrogen and oxygen atoms in total. The van der Waals surface area contributed by atoms with Gasteiger partial charge in [0.25, 0.3) is 0 Å². The lowest BCUT2D eigenvalue weighted by Crippen LogP contribution is -2.60. The highest BCUT2D eigenvalue weighted by Crippen LogP contribution is 2.26. The van der Waals surface area contributed by atoms with E-state index in [2.05, 4.69) is 0 Å². The zero-order valence-corrected chi connectivity index (χ0v) is 20.6.